The maximum Gasteiger partial charge on any atom is 0.191 e. The lowest BCUT2D eigenvalue weighted by Crippen LogP contribution is -2.48. The molecule has 0 saturated carbocycles. The van der Waals surface area contributed by atoms with Crippen molar-refractivity contribution in [3.05, 3.63) is 33.6 Å². The summed E-state index contributed by atoms with van der Waals surface area (Å²) >= 11 is 3.55. The van der Waals surface area contributed by atoms with E-state index in [1.165, 1.54) is 10.0 Å². The molecule has 0 atom stereocenters. The molecule has 2 aromatic heterocycles. The summed E-state index contributed by atoms with van der Waals surface area (Å²) in [7, 11) is 0. The fourth-order valence-electron chi connectivity index (χ4n) is 2.95. The number of rotatable bonds is 6. The molecule has 1 saturated heterocycles. The largest absolute Gasteiger partial charge is 0.363 e. The molecule has 3 heterocycles. The Morgan fingerprint density at radius 3 is 2.73 bits per heavy atom. The van der Waals surface area contributed by atoms with Crippen molar-refractivity contribution in [2.75, 3.05) is 24.5 Å². The second-order valence-corrected chi connectivity index (χ2v) is 8.01. The van der Waals surface area contributed by atoms with E-state index in [-0.39, 0.29) is 24.0 Å². The first-order valence-electron chi connectivity index (χ1n) is 9.05. The van der Waals surface area contributed by atoms with Crippen LogP contribution < -0.4 is 15.5 Å². The Bertz CT molecular complexity index is 663. The van der Waals surface area contributed by atoms with Crippen LogP contribution in [0, 0.1) is 0 Å². The van der Waals surface area contributed by atoms with E-state index in [1.54, 1.807) is 11.3 Å². The lowest BCUT2D eigenvalue weighted by atomic mass is 10.1. The molecule has 3 rings (SSSR count). The molecule has 0 radical (unpaired) electrons. The zero-order chi connectivity index (χ0) is 17.5. The quantitative estimate of drug-likeness (QED) is 0.353. The number of thiazole rings is 1. The molecule has 144 valence electrons. The molecule has 0 aromatic carbocycles. The van der Waals surface area contributed by atoms with Crippen LogP contribution >= 0.6 is 46.7 Å². The van der Waals surface area contributed by atoms with E-state index in [0.717, 1.165) is 50.6 Å². The van der Waals surface area contributed by atoms with Gasteiger partial charge in [0, 0.05) is 31.1 Å². The van der Waals surface area contributed by atoms with Gasteiger partial charge in [0.2, 0.25) is 0 Å². The van der Waals surface area contributed by atoms with Crippen molar-refractivity contribution in [1.29, 1.82) is 0 Å². The molecule has 26 heavy (non-hydrogen) atoms. The van der Waals surface area contributed by atoms with Crippen LogP contribution in [0.4, 0.5) is 5.00 Å². The van der Waals surface area contributed by atoms with Gasteiger partial charge in [-0.1, -0.05) is 6.92 Å². The number of aryl methyl sites for hydroxylation is 1. The van der Waals surface area contributed by atoms with Crippen LogP contribution in [0.2, 0.25) is 0 Å². The summed E-state index contributed by atoms with van der Waals surface area (Å²) in [6.45, 7) is 7.96. The average molecular weight is 505 g/mol. The highest BCUT2D eigenvalue weighted by atomic mass is 127. The van der Waals surface area contributed by atoms with E-state index < -0.39 is 0 Å². The van der Waals surface area contributed by atoms with Gasteiger partial charge in [-0.3, -0.25) is 0 Å². The van der Waals surface area contributed by atoms with Gasteiger partial charge in [-0.15, -0.1) is 46.7 Å². The summed E-state index contributed by atoms with van der Waals surface area (Å²) in [6.07, 6.45) is 3.27. The molecular formula is C18H28IN5S2. The van der Waals surface area contributed by atoms with E-state index in [4.69, 9.17) is 4.99 Å². The Kier molecular flexibility index (Phi) is 9.13. The highest BCUT2D eigenvalue weighted by Gasteiger charge is 2.20. The molecule has 2 N–H and O–H groups in total. The van der Waals surface area contributed by atoms with Crippen molar-refractivity contribution in [2.45, 2.75) is 45.7 Å². The third-order valence-corrected chi connectivity index (χ3v) is 6.27. The van der Waals surface area contributed by atoms with Crippen molar-refractivity contribution in [3.63, 3.8) is 0 Å². The summed E-state index contributed by atoms with van der Waals surface area (Å²) in [4.78, 5) is 11.8. The average Bonchev–Trinajstić information content (AvgIpc) is 3.32. The Hall–Kier alpha value is -0.870. The predicted octanol–water partition coefficient (Wildman–Crippen LogP) is 4.11. The summed E-state index contributed by atoms with van der Waals surface area (Å²) in [6, 6.07) is 4.82. The second kappa shape index (κ2) is 11.1. The first kappa shape index (κ1) is 21.4. The minimum absolute atomic E-state index is 0. The normalized spacial score (nSPS) is 15.6. The van der Waals surface area contributed by atoms with Gasteiger partial charge in [-0.25, -0.2) is 9.98 Å². The zero-order valence-electron chi connectivity index (χ0n) is 15.4. The first-order valence-corrected chi connectivity index (χ1v) is 10.8. The lowest BCUT2D eigenvalue weighted by Gasteiger charge is -2.33. The van der Waals surface area contributed by atoms with E-state index in [0.29, 0.717) is 12.6 Å². The molecule has 5 nitrogen and oxygen atoms in total. The number of anilines is 1. The molecule has 0 bridgehead atoms. The number of hydrogen-bond donors (Lipinski definition) is 2. The topological polar surface area (TPSA) is 52.6 Å². The van der Waals surface area contributed by atoms with Crippen molar-refractivity contribution in [1.82, 2.24) is 15.6 Å². The Labute approximate surface area is 181 Å². The fourth-order valence-corrected chi connectivity index (χ4v) is 4.47. The maximum atomic E-state index is 4.72. The smallest absolute Gasteiger partial charge is 0.191 e. The van der Waals surface area contributed by atoms with Crippen LogP contribution in [0.5, 0.6) is 0 Å². The summed E-state index contributed by atoms with van der Waals surface area (Å²) < 4.78 is 0. The van der Waals surface area contributed by atoms with Gasteiger partial charge in [0.25, 0.3) is 0 Å². The van der Waals surface area contributed by atoms with Gasteiger partial charge in [-0.05, 0) is 43.7 Å². The molecule has 0 spiro atoms. The van der Waals surface area contributed by atoms with Crippen LogP contribution in [0.1, 0.15) is 37.4 Å². The summed E-state index contributed by atoms with van der Waals surface area (Å²) in [5.74, 6) is 0.906. The summed E-state index contributed by atoms with van der Waals surface area (Å²) in [5, 5.41) is 13.8. The first-order chi connectivity index (χ1) is 12.3. The minimum Gasteiger partial charge on any atom is -0.363 e. The number of nitrogens with one attached hydrogen (secondary N) is 2. The molecule has 8 heteroatoms. The van der Waals surface area contributed by atoms with Gasteiger partial charge in [0.1, 0.15) is 0 Å². The number of guanidine groups is 1. The lowest BCUT2D eigenvalue weighted by molar-refractivity contribution is 0.463. The monoisotopic (exact) mass is 505 g/mol. The van der Waals surface area contributed by atoms with Crippen molar-refractivity contribution >= 4 is 57.6 Å². The van der Waals surface area contributed by atoms with Crippen LogP contribution in [0.3, 0.4) is 0 Å². The summed E-state index contributed by atoms with van der Waals surface area (Å²) in [5.41, 5.74) is 1.06. The number of thiophene rings is 1. The molecule has 0 aliphatic carbocycles. The molecule has 0 amide bonds. The van der Waals surface area contributed by atoms with Gasteiger partial charge in [0.15, 0.2) is 5.96 Å². The van der Waals surface area contributed by atoms with Crippen LogP contribution in [-0.2, 0) is 13.0 Å². The van der Waals surface area contributed by atoms with Gasteiger partial charge >= 0.3 is 0 Å². The minimum atomic E-state index is 0. The third kappa shape index (κ3) is 6.09. The van der Waals surface area contributed by atoms with Crippen molar-refractivity contribution < 1.29 is 0 Å². The molecule has 2 aromatic rings. The Morgan fingerprint density at radius 2 is 2.12 bits per heavy atom. The van der Waals surface area contributed by atoms with Crippen LogP contribution in [-0.4, -0.2) is 36.6 Å². The third-order valence-electron chi connectivity index (χ3n) is 4.30. The Morgan fingerprint density at radius 1 is 1.31 bits per heavy atom. The highest BCUT2D eigenvalue weighted by molar-refractivity contribution is 14.0. The second-order valence-electron chi connectivity index (χ2n) is 6.14. The van der Waals surface area contributed by atoms with Crippen LogP contribution in [0.15, 0.2) is 27.9 Å². The Balaban J connectivity index is 0.00000243. The van der Waals surface area contributed by atoms with Gasteiger partial charge < -0.3 is 15.5 Å². The van der Waals surface area contributed by atoms with E-state index in [9.17, 15) is 0 Å². The number of nitrogens with zero attached hydrogens (tertiary/aromatic N) is 3. The van der Waals surface area contributed by atoms with E-state index in [1.807, 2.05) is 11.3 Å². The molecule has 1 aliphatic rings. The highest BCUT2D eigenvalue weighted by Crippen LogP contribution is 2.24. The number of piperidine rings is 1. The van der Waals surface area contributed by atoms with E-state index >= 15 is 0 Å². The number of halogens is 1. The molecule has 1 fully saturated rings. The predicted molar refractivity (Wildman–Crippen MR) is 124 cm³/mol. The molecule has 1 aliphatic heterocycles. The molecular weight excluding hydrogens is 477 g/mol. The van der Waals surface area contributed by atoms with E-state index in [2.05, 4.69) is 57.3 Å². The fraction of sp³-hybridized carbons (Fsp3) is 0.556. The standard InChI is InChI=1S/C18H27N5S2.HI/c1-3-16-21-15(13-25-16)12-20-18(19-4-2)22-14-7-9-23(10-8-14)17-6-5-11-24-17;/h5-6,11,13-14H,3-4,7-10,12H2,1-2H3,(H2,19,20,22);1H. The van der Waals surface area contributed by atoms with Gasteiger partial charge in [-0.2, -0.15) is 0 Å². The number of aromatic nitrogens is 1. The molecule has 0 unspecified atom stereocenters. The van der Waals surface area contributed by atoms with Gasteiger partial charge in [0.05, 0.1) is 22.2 Å². The van der Waals surface area contributed by atoms with Crippen molar-refractivity contribution in [2.24, 2.45) is 4.99 Å². The van der Waals surface area contributed by atoms with Crippen LogP contribution in [0.25, 0.3) is 0 Å². The van der Waals surface area contributed by atoms with Crippen molar-refractivity contribution in [3.8, 4) is 0 Å². The SMILES string of the molecule is CCNC(=NCc1csc(CC)n1)NC1CCN(c2cccs2)CC1.I. The number of aliphatic imine (C=N–C) groups is 1. The maximum absolute atomic E-state index is 4.72. The zero-order valence-corrected chi connectivity index (χ0v) is 19.4. The number of hydrogen-bond acceptors (Lipinski definition) is 5.